The summed E-state index contributed by atoms with van der Waals surface area (Å²) in [5.74, 6) is 1.03. The molecule has 0 amide bonds. The van der Waals surface area contributed by atoms with E-state index in [0.717, 1.165) is 18.4 Å². The summed E-state index contributed by atoms with van der Waals surface area (Å²) in [5.41, 5.74) is 1.31. The maximum atomic E-state index is 13.1. The van der Waals surface area contributed by atoms with Gasteiger partial charge in [0, 0.05) is 36.0 Å². The number of hydrogen-bond acceptors (Lipinski definition) is 7. The summed E-state index contributed by atoms with van der Waals surface area (Å²) in [4.78, 5) is 16.2. The van der Waals surface area contributed by atoms with Crippen molar-refractivity contribution in [1.29, 1.82) is 0 Å². The highest BCUT2D eigenvalue weighted by Crippen LogP contribution is 2.27. The molecule has 1 atom stereocenters. The summed E-state index contributed by atoms with van der Waals surface area (Å²) in [6.45, 7) is 2.29. The fourth-order valence-electron chi connectivity index (χ4n) is 3.53. The zero-order valence-electron chi connectivity index (χ0n) is 15.9. The van der Waals surface area contributed by atoms with E-state index in [-0.39, 0.29) is 16.6 Å². The second kappa shape index (κ2) is 8.17. The topological polar surface area (TPSA) is 93.4 Å². The zero-order chi connectivity index (χ0) is 20.4. The Morgan fingerprint density at radius 2 is 2.21 bits per heavy atom. The Balaban J connectivity index is 1.48. The van der Waals surface area contributed by atoms with Gasteiger partial charge in [0.15, 0.2) is 5.78 Å². The van der Waals surface area contributed by atoms with Gasteiger partial charge in [-0.25, -0.2) is 8.42 Å². The molecule has 7 nitrogen and oxygen atoms in total. The Morgan fingerprint density at radius 3 is 2.97 bits per heavy atom. The summed E-state index contributed by atoms with van der Waals surface area (Å²) in [5, 5.41) is 7.93. The molecule has 3 heterocycles. The average Bonchev–Trinajstić information content (AvgIpc) is 3.40. The van der Waals surface area contributed by atoms with Crippen molar-refractivity contribution in [3.8, 4) is 11.4 Å². The average molecular weight is 432 g/mol. The van der Waals surface area contributed by atoms with Crippen LogP contribution in [0.5, 0.6) is 0 Å². The molecule has 0 spiro atoms. The minimum atomic E-state index is -3.66. The van der Waals surface area contributed by atoms with Gasteiger partial charge in [-0.1, -0.05) is 17.3 Å². The number of ketones is 1. The number of sulfonamides is 1. The first-order valence-electron chi connectivity index (χ1n) is 9.40. The normalized spacial score (nSPS) is 18.0. The van der Waals surface area contributed by atoms with Crippen molar-refractivity contribution < 1.29 is 17.7 Å². The zero-order valence-corrected chi connectivity index (χ0v) is 17.6. The first-order valence-corrected chi connectivity index (χ1v) is 11.8. The first-order chi connectivity index (χ1) is 13.9. The molecule has 0 aliphatic carbocycles. The molecule has 1 aliphatic rings. The first kappa shape index (κ1) is 19.9. The van der Waals surface area contributed by atoms with Gasteiger partial charge in [0.05, 0.1) is 4.90 Å². The second-order valence-electron chi connectivity index (χ2n) is 7.18. The molecule has 1 aromatic carbocycles. The maximum Gasteiger partial charge on any atom is 0.243 e. The molecule has 0 saturated carbocycles. The van der Waals surface area contributed by atoms with Crippen LogP contribution in [0.15, 0.2) is 50.5 Å². The number of rotatable bonds is 6. The van der Waals surface area contributed by atoms with E-state index in [4.69, 9.17) is 4.52 Å². The maximum absolute atomic E-state index is 13.1. The third-order valence-corrected chi connectivity index (χ3v) is 7.62. The molecule has 0 N–H and O–H groups in total. The van der Waals surface area contributed by atoms with Crippen molar-refractivity contribution in [3.63, 3.8) is 0 Å². The predicted molar refractivity (Wildman–Crippen MR) is 109 cm³/mol. The second-order valence-corrected chi connectivity index (χ2v) is 9.90. The number of carbonyl (C=O) groups is 1. The number of hydrogen-bond donors (Lipinski definition) is 0. The molecular formula is C20H21N3O4S2. The van der Waals surface area contributed by atoms with Gasteiger partial charge in [-0.05, 0) is 49.3 Å². The van der Waals surface area contributed by atoms with E-state index >= 15 is 0 Å². The highest BCUT2D eigenvalue weighted by atomic mass is 32.2. The van der Waals surface area contributed by atoms with Gasteiger partial charge >= 0.3 is 0 Å². The molecular weight excluding hydrogens is 410 g/mol. The van der Waals surface area contributed by atoms with Gasteiger partial charge in [-0.3, -0.25) is 4.79 Å². The minimum absolute atomic E-state index is 0.102. The van der Waals surface area contributed by atoms with Crippen molar-refractivity contribution in [2.24, 2.45) is 5.92 Å². The molecule has 9 heteroatoms. The van der Waals surface area contributed by atoms with Gasteiger partial charge in [0.25, 0.3) is 0 Å². The lowest BCUT2D eigenvalue weighted by atomic mass is 9.96. The number of aromatic nitrogens is 2. The van der Waals surface area contributed by atoms with Crippen LogP contribution in [0.25, 0.3) is 11.4 Å². The van der Waals surface area contributed by atoms with E-state index < -0.39 is 10.0 Å². The van der Waals surface area contributed by atoms with Crippen LogP contribution in [0.1, 0.15) is 36.0 Å². The van der Waals surface area contributed by atoms with Crippen molar-refractivity contribution in [2.45, 2.75) is 31.1 Å². The summed E-state index contributed by atoms with van der Waals surface area (Å²) in [6, 6.07) is 8.16. The summed E-state index contributed by atoms with van der Waals surface area (Å²) < 4.78 is 33.0. The Bertz CT molecular complexity index is 1110. The molecule has 29 heavy (non-hydrogen) atoms. The number of thiophene rings is 1. The lowest BCUT2D eigenvalue weighted by molar-refractivity contribution is 0.101. The fraction of sp³-hybridized carbons (Fsp3) is 0.350. The van der Waals surface area contributed by atoms with Crippen molar-refractivity contribution in [3.05, 3.63) is 52.5 Å². The molecule has 1 aliphatic heterocycles. The largest absolute Gasteiger partial charge is 0.339 e. The number of nitrogens with zero attached hydrogens (tertiary/aromatic N) is 3. The van der Waals surface area contributed by atoms with Gasteiger partial charge in [0.2, 0.25) is 21.7 Å². The summed E-state index contributed by atoms with van der Waals surface area (Å²) in [6.07, 6.45) is 2.20. The van der Waals surface area contributed by atoms with Gasteiger partial charge in [-0.15, -0.1) is 0 Å². The fourth-order valence-corrected chi connectivity index (χ4v) is 5.77. The van der Waals surface area contributed by atoms with Crippen LogP contribution in [0.4, 0.5) is 0 Å². The SMILES string of the molecule is CC(=O)c1cccc(S(=O)(=O)N2CCCC(Cc3nc(-c4ccsc4)no3)C2)c1. The van der Waals surface area contributed by atoms with Crippen LogP contribution in [0, 0.1) is 5.92 Å². The van der Waals surface area contributed by atoms with Crippen LogP contribution < -0.4 is 0 Å². The quantitative estimate of drug-likeness (QED) is 0.553. The van der Waals surface area contributed by atoms with E-state index in [1.54, 1.807) is 23.5 Å². The lowest BCUT2D eigenvalue weighted by Crippen LogP contribution is -2.40. The van der Waals surface area contributed by atoms with E-state index in [1.807, 2.05) is 16.8 Å². The smallest absolute Gasteiger partial charge is 0.243 e. The molecule has 4 rings (SSSR count). The number of carbonyl (C=O) groups excluding carboxylic acids is 1. The third-order valence-electron chi connectivity index (χ3n) is 5.07. The number of piperidine rings is 1. The van der Waals surface area contributed by atoms with Gasteiger partial charge in [0.1, 0.15) is 0 Å². The van der Waals surface area contributed by atoms with Crippen LogP contribution in [0.2, 0.25) is 0 Å². The van der Waals surface area contributed by atoms with E-state index in [9.17, 15) is 13.2 Å². The highest BCUT2D eigenvalue weighted by molar-refractivity contribution is 7.89. The van der Waals surface area contributed by atoms with Gasteiger partial charge in [-0.2, -0.15) is 20.6 Å². The molecule has 0 radical (unpaired) electrons. The standard InChI is InChI=1S/C20H21N3O4S2/c1-14(24)16-5-2-6-18(11-16)29(25,26)23-8-3-4-15(12-23)10-19-21-20(22-27-19)17-7-9-28-13-17/h2,5-7,9,11,13,15H,3-4,8,10,12H2,1H3. The molecule has 1 fully saturated rings. The molecule has 1 saturated heterocycles. The monoisotopic (exact) mass is 431 g/mol. The Morgan fingerprint density at radius 1 is 1.34 bits per heavy atom. The van der Waals surface area contributed by atoms with Gasteiger partial charge < -0.3 is 4.52 Å². The summed E-state index contributed by atoms with van der Waals surface area (Å²) >= 11 is 1.57. The minimum Gasteiger partial charge on any atom is -0.339 e. The van der Waals surface area contributed by atoms with Crippen molar-refractivity contribution in [2.75, 3.05) is 13.1 Å². The molecule has 152 valence electrons. The van der Waals surface area contributed by atoms with E-state index in [1.165, 1.54) is 23.4 Å². The number of benzene rings is 1. The van der Waals surface area contributed by atoms with Crippen molar-refractivity contribution >= 4 is 27.1 Å². The third kappa shape index (κ3) is 4.31. The van der Waals surface area contributed by atoms with Crippen LogP contribution >= 0.6 is 11.3 Å². The van der Waals surface area contributed by atoms with E-state index in [2.05, 4.69) is 10.1 Å². The molecule has 2 aromatic heterocycles. The molecule has 0 bridgehead atoms. The van der Waals surface area contributed by atoms with E-state index in [0.29, 0.717) is 36.8 Å². The molecule has 1 unspecified atom stereocenters. The van der Waals surface area contributed by atoms with Crippen LogP contribution in [-0.2, 0) is 16.4 Å². The summed E-state index contributed by atoms with van der Waals surface area (Å²) in [7, 11) is -3.66. The number of Topliss-reactive ketones (excluding diaryl/α,β-unsaturated/α-hetero) is 1. The highest BCUT2D eigenvalue weighted by Gasteiger charge is 2.31. The predicted octanol–water partition coefficient (Wildman–Crippen LogP) is 3.64. The van der Waals surface area contributed by atoms with Crippen LogP contribution in [0.3, 0.4) is 0 Å². The Labute approximate surface area is 173 Å². The Hall–Kier alpha value is -2.36. The van der Waals surface area contributed by atoms with Crippen molar-refractivity contribution in [1.82, 2.24) is 14.4 Å². The lowest BCUT2D eigenvalue weighted by Gasteiger charge is -2.31. The van der Waals surface area contributed by atoms with Crippen LogP contribution in [-0.4, -0.2) is 41.7 Å². The molecule has 3 aromatic rings. The Kier molecular flexibility index (Phi) is 5.62.